The first-order chi connectivity index (χ1) is 6.25. The van der Waals surface area contributed by atoms with Crippen molar-refractivity contribution in [2.24, 2.45) is 5.73 Å². The maximum Gasteiger partial charge on any atom is 0.146 e. The Morgan fingerprint density at radius 1 is 1.46 bits per heavy atom. The molecule has 2 N–H and O–H groups in total. The van der Waals surface area contributed by atoms with Gasteiger partial charge in [-0.25, -0.2) is 4.98 Å². The van der Waals surface area contributed by atoms with Gasteiger partial charge in [0.15, 0.2) is 0 Å². The maximum atomic E-state index is 5.85. The second kappa shape index (κ2) is 5.08. The highest BCUT2D eigenvalue weighted by Crippen LogP contribution is 2.20. The Hall–Kier alpha value is -0.750. The summed E-state index contributed by atoms with van der Waals surface area (Å²) in [5, 5.41) is 0.849. The van der Waals surface area contributed by atoms with Crippen LogP contribution in [0.2, 0.25) is 10.2 Å². The third kappa shape index (κ3) is 2.89. The van der Waals surface area contributed by atoms with Crippen molar-refractivity contribution in [3.63, 3.8) is 0 Å². The fourth-order valence-corrected chi connectivity index (χ4v) is 1.20. The molecule has 0 aliphatic rings. The van der Waals surface area contributed by atoms with Gasteiger partial charge >= 0.3 is 0 Å². The Bertz CT molecular complexity index is 332. The van der Waals surface area contributed by atoms with E-state index in [1.165, 1.54) is 0 Å². The van der Waals surface area contributed by atoms with E-state index in [-0.39, 0.29) is 0 Å². The van der Waals surface area contributed by atoms with E-state index in [2.05, 4.69) is 16.8 Å². The predicted molar refractivity (Wildman–Crippen MR) is 54.8 cm³/mol. The summed E-state index contributed by atoms with van der Waals surface area (Å²) in [7, 11) is 0. The van der Waals surface area contributed by atoms with E-state index in [0.29, 0.717) is 28.7 Å². The quantitative estimate of drug-likeness (QED) is 0.575. The van der Waals surface area contributed by atoms with Gasteiger partial charge in [0.1, 0.15) is 5.15 Å². The summed E-state index contributed by atoms with van der Waals surface area (Å²) in [6.07, 6.45) is 2.17. The molecule has 1 aromatic heterocycles. The van der Waals surface area contributed by atoms with Crippen LogP contribution in [-0.2, 0) is 0 Å². The molecule has 0 saturated carbocycles. The van der Waals surface area contributed by atoms with Crippen LogP contribution in [-0.4, -0.2) is 11.5 Å². The minimum atomic E-state index is 0.331. The SMILES string of the molecule is NCCC#Cc1c(Cl)ccnc1Cl. The lowest BCUT2D eigenvalue weighted by Gasteiger charge is -1.96. The Morgan fingerprint density at radius 3 is 2.85 bits per heavy atom. The molecule has 1 rings (SSSR count). The molecule has 68 valence electrons. The molecule has 4 heteroatoms. The third-order valence-electron chi connectivity index (χ3n) is 1.34. The summed E-state index contributed by atoms with van der Waals surface area (Å²) in [6, 6.07) is 1.65. The van der Waals surface area contributed by atoms with Gasteiger partial charge in [0.25, 0.3) is 0 Å². The molecule has 0 aromatic carbocycles. The second-order valence-electron chi connectivity index (χ2n) is 2.30. The topological polar surface area (TPSA) is 38.9 Å². The Kier molecular flexibility index (Phi) is 4.04. The molecule has 0 radical (unpaired) electrons. The molecule has 1 aromatic rings. The molecule has 0 aliphatic carbocycles. The van der Waals surface area contributed by atoms with Gasteiger partial charge in [0.2, 0.25) is 0 Å². The zero-order valence-corrected chi connectivity index (χ0v) is 8.36. The highest BCUT2D eigenvalue weighted by molar-refractivity contribution is 6.35. The highest BCUT2D eigenvalue weighted by Gasteiger charge is 2.01. The molecular formula is C9H8Cl2N2. The average molecular weight is 215 g/mol. The Balaban J connectivity index is 2.95. The van der Waals surface area contributed by atoms with Crippen LogP contribution < -0.4 is 5.73 Å². The van der Waals surface area contributed by atoms with Crippen molar-refractivity contribution in [2.75, 3.05) is 6.54 Å². The molecule has 0 atom stereocenters. The van der Waals surface area contributed by atoms with Gasteiger partial charge in [0, 0.05) is 19.2 Å². The van der Waals surface area contributed by atoms with Crippen LogP contribution in [0.3, 0.4) is 0 Å². The van der Waals surface area contributed by atoms with Crippen molar-refractivity contribution in [1.29, 1.82) is 0 Å². The molecule has 0 spiro atoms. The molecule has 13 heavy (non-hydrogen) atoms. The zero-order chi connectivity index (χ0) is 9.68. The molecule has 1 heterocycles. The highest BCUT2D eigenvalue weighted by atomic mass is 35.5. The van der Waals surface area contributed by atoms with Gasteiger partial charge in [-0.3, -0.25) is 0 Å². The van der Waals surface area contributed by atoms with Crippen LogP contribution in [0.1, 0.15) is 12.0 Å². The lowest BCUT2D eigenvalue weighted by molar-refractivity contribution is 1.03. The number of nitrogens with two attached hydrogens (primary N) is 1. The summed E-state index contributed by atoms with van der Waals surface area (Å²) < 4.78 is 0. The van der Waals surface area contributed by atoms with Gasteiger partial charge in [-0.1, -0.05) is 35.0 Å². The van der Waals surface area contributed by atoms with Gasteiger partial charge in [0.05, 0.1) is 10.6 Å². The van der Waals surface area contributed by atoms with E-state index in [4.69, 9.17) is 28.9 Å². The molecule has 0 bridgehead atoms. The molecule has 0 amide bonds. The van der Waals surface area contributed by atoms with E-state index in [1.807, 2.05) is 0 Å². The predicted octanol–water partition coefficient (Wildman–Crippen LogP) is 2.09. The normalized spacial score (nSPS) is 9.15. The van der Waals surface area contributed by atoms with E-state index in [1.54, 1.807) is 12.3 Å². The zero-order valence-electron chi connectivity index (χ0n) is 6.85. The number of halogens is 2. The third-order valence-corrected chi connectivity index (χ3v) is 1.94. The van der Waals surface area contributed by atoms with E-state index in [9.17, 15) is 0 Å². The minimum Gasteiger partial charge on any atom is -0.330 e. The smallest absolute Gasteiger partial charge is 0.146 e. The largest absolute Gasteiger partial charge is 0.330 e. The fraction of sp³-hybridized carbons (Fsp3) is 0.222. The van der Waals surface area contributed by atoms with E-state index >= 15 is 0 Å². The van der Waals surface area contributed by atoms with Gasteiger partial charge in [-0.15, -0.1) is 0 Å². The molecule has 0 fully saturated rings. The van der Waals surface area contributed by atoms with Gasteiger partial charge in [-0.05, 0) is 6.07 Å². The first-order valence-corrected chi connectivity index (χ1v) is 4.50. The molecule has 0 unspecified atom stereocenters. The van der Waals surface area contributed by atoms with E-state index in [0.717, 1.165) is 0 Å². The lowest BCUT2D eigenvalue weighted by atomic mass is 10.3. The fourth-order valence-electron chi connectivity index (χ4n) is 0.749. The lowest BCUT2D eigenvalue weighted by Crippen LogP contribution is -1.95. The van der Waals surface area contributed by atoms with Crippen molar-refractivity contribution in [2.45, 2.75) is 6.42 Å². The first kappa shape index (κ1) is 10.3. The summed E-state index contributed by atoms with van der Waals surface area (Å²) in [5.41, 5.74) is 5.85. The number of hydrogen-bond acceptors (Lipinski definition) is 2. The van der Waals surface area contributed by atoms with Crippen LogP contribution in [0.25, 0.3) is 0 Å². The van der Waals surface area contributed by atoms with E-state index < -0.39 is 0 Å². The number of pyridine rings is 1. The molecular weight excluding hydrogens is 207 g/mol. The number of rotatable bonds is 1. The molecule has 0 saturated heterocycles. The van der Waals surface area contributed by atoms with Gasteiger partial charge in [-0.2, -0.15) is 0 Å². The van der Waals surface area contributed by atoms with Crippen molar-refractivity contribution >= 4 is 23.2 Å². The standard InChI is InChI=1S/C9H8Cl2N2/c10-8-4-6-13-9(11)7(8)3-1-2-5-12/h4,6H,2,5,12H2. The first-order valence-electron chi connectivity index (χ1n) is 3.74. The second-order valence-corrected chi connectivity index (χ2v) is 3.06. The maximum absolute atomic E-state index is 5.85. The number of aromatic nitrogens is 1. The summed E-state index contributed by atoms with van der Waals surface area (Å²) in [4.78, 5) is 3.87. The Labute approximate surface area is 87.1 Å². The number of nitrogens with zero attached hydrogens (tertiary/aromatic N) is 1. The monoisotopic (exact) mass is 214 g/mol. The van der Waals surface area contributed by atoms with Crippen LogP contribution in [0.15, 0.2) is 12.3 Å². The average Bonchev–Trinajstić information content (AvgIpc) is 2.10. The summed E-state index contributed by atoms with van der Waals surface area (Å²) in [6.45, 7) is 0.530. The van der Waals surface area contributed by atoms with Crippen molar-refractivity contribution in [3.8, 4) is 11.8 Å². The van der Waals surface area contributed by atoms with Crippen molar-refractivity contribution < 1.29 is 0 Å². The van der Waals surface area contributed by atoms with Crippen LogP contribution in [0.4, 0.5) is 0 Å². The molecule has 0 aliphatic heterocycles. The summed E-state index contributed by atoms with van der Waals surface area (Å²) in [5.74, 6) is 5.67. The van der Waals surface area contributed by atoms with Crippen molar-refractivity contribution in [1.82, 2.24) is 4.98 Å². The Morgan fingerprint density at radius 2 is 2.23 bits per heavy atom. The van der Waals surface area contributed by atoms with Crippen molar-refractivity contribution in [3.05, 3.63) is 28.0 Å². The number of hydrogen-bond donors (Lipinski definition) is 1. The summed E-state index contributed by atoms with van der Waals surface area (Å²) >= 11 is 11.6. The van der Waals surface area contributed by atoms with Crippen LogP contribution >= 0.6 is 23.2 Å². The van der Waals surface area contributed by atoms with Crippen LogP contribution in [0, 0.1) is 11.8 Å². The molecule has 2 nitrogen and oxygen atoms in total. The van der Waals surface area contributed by atoms with Crippen LogP contribution in [0.5, 0.6) is 0 Å². The minimum absolute atomic E-state index is 0.331. The van der Waals surface area contributed by atoms with Gasteiger partial charge < -0.3 is 5.73 Å².